The van der Waals surface area contributed by atoms with Crippen molar-refractivity contribution in [3.05, 3.63) is 17.3 Å². The van der Waals surface area contributed by atoms with Crippen molar-refractivity contribution in [2.24, 2.45) is 5.92 Å². The molecule has 1 aromatic heterocycles. The Labute approximate surface area is 131 Å². The normalized spacial score (nSPS) is 25.9. The molecule has 2 atom stereocenters. The van der Waals surface area contributed by atoms with Gasteiger partial charge in [0.15, 0.2) is 5.89 Å². The molecule has 1 aromatic rings. The molecular formula is C17H26N2O3. The number of amides is 1. The molecular weight excluding hydrogens is 280 g/mol. The molecule has 2 aliphatic rings. The summed E-state index contributed by atoms with van der Waals surface area (Å²) in [5.74, 6) is 1.82. The molecule has 1 amide bonds. The number of carbonyl (C=O) groups is 1. The van der Waals surface area contributed by atoms with Crippen LogP contribution in [0.3, 0.4) is 0 Å². The van der Waals surface area contributed by atoms with Crippen molar-refractivity contribution < 1.29 is 14.3 Å². The highest BCUT2D eigenvalue weighted by molar-refractivity contribution is 5.79. The zero-order valence-corrected chi connectivity index (χ0v) is 13.8. The van der Waals surface area contributed by atoms with Gasteiger partial charge in [0.05, 0.1) is 12.6 Å². The maximum Gasteiger partial charge on any atom is 0.226 e. The summed E-state index contributed by atoms with van der Waals surface area (Å²) < 4.78 is 5.87. The lowest BCUT2D eigenvalue weighted by Crippen LogP contribution is -2.41. The van der Waals surface area contributed by atoms with Crippen LogP contribution < -0.4 is 0 Å². The lowest BCUT2D eigenvalue weighted by atomic mass is 9.86. The van der Waals surface area contributed by atoms with Crippen LogP contribution in [-0.2, 0) is 23.2 Å². The van der Waals surface area contributed by atoms with Gasteiger partial charge in [0.25, 0.3) is 0 Å². The van der Waals surface area contributed by atoms with E-state index in [1.807, 2.05) is 4.90 Å². The van der Waals surface area contributed by atoms with Crippen LogP contribution in [0.25, 0.3) is 0 Å². The summed E-state index contributed by atoms with van der Waals surface area (Å²) in [5, 5.41) is 9.78. The molecule has 0 bridgehead atoms. The average molecular weight is 306 g/mol. The molecule has 1 aliphatic heterocycles. The van der Waals surface area contributed by atoms with E-state index in [4.69, 9.17) is 4.42 Å². The molecule has 5 heteroatoms. The Morgan fingerprint density at radius 1 is 1.36 bits per heavy atom. The Morgan fingerprint density at radius 3 is 2.82 bits per heavy atom. The third kappa shape index (κ3) is 3.05. The van der Waals surface area contributed by atoms with Crippen LogP contribution in [0.15, 0.2) is 4.42 Å². The molecule has 1 N–H and O–H groups in total. The smallest absolute Gasteiger partial charge is 0.226 e. The molecule has 3 rings (SSSR count). The molecule has 0 saturated heterocycles. The highest BCUT2D eigenvalue weighted by atomic mass is 16.4. The molecule has 1 fully saturated rings. The minimum atomic E-state index is -0.317. The SMILES string of the molecule is CC(C)(C)c1nc2c(o1)CCN(C(=O)[C@H]1CCC[C@H](O)C1)C2. The van der Waals surface area contributed by atoms with Gasteiger partial charge in [0.2, 0.25) is 5.91 Å². The standard InChI is InChI=1S/C17H26N2O3/c1-17(2,3)16-18-13-10-19(8-7-14(13)22-16)15(21)11-5-4-6-12(20)9-11/h11-12,20H,4-10H2,1-3H3/t11-,12-/m0/s1. The van der Waals surface area contributed by atoms with E-state index in [1.54, 1.807) is 0 Å². The molecule has 2 heterocycles. The highest BCUT2D eigenvalue weighted by Crippen LogP contribution is 2.30. The number of oxazole rings is 1. The lowest BCUT2D eigenvalue weighted by Gasteiger charge is -2.32. The quantitative estimate of drug-likeness (QED) is 0.865. The number of carbonyl (C=O) groups excluding carboxylic acids is 1. The topological polar surface area (TPSA) is 66.6 Å². The van der Waals surface area contributed by atoms with Crippen molar-refractivity contribution >= 4 is 5.91 Å². The van der Waals surface area contributed by atoms with E-state index in [2.05, 4.69) is 25.8 Å². The van der Waals surface area contributed by atoms with E-state index >= 15 is 0 Å². The molecule has 0 radical (unpaired) electrons. The second-order valence-corrected chi connectivity index (χ2v) is 7.67. The summed E-state index contributed by atoms with van der Waals surface area (Å²) in [6.45, 7) is 7.47. The van der Waals surface area contributed by atoms with Gasteiger partial charge in [-0.25, -0.2) is 4.98 Å². The van der Waals surface area contributed by atoms with Gasteiger partial charge in [-0.2, -0.15) is 0 Å². The number of fused-ring (bicyclic) bond motifs is 1. The summed E-state index contributed by atoms with van der Waals surface area (Å²) in [4.78, 5) is 19.2. The minimum absolute atomic E-state index is 0.0284. The van der Waals surface area contributed by atoms with Crippen LogP contribution in [0.1, 0.15) is 63.8 Å². The fourth-order valence-electron chi connectivity index (χ4n) is 3.35. The Morgan fingerprint density at radius 2 is 2.14 bits per heavy atom. The van der Waals surface area contributed by atoms with E-state index in [-0.39, 0.29) is 23.3 Å². The summed E-state index contributed by atoms with van der Waals surface area (Å²) in [5.41, 5.74) is 0.792. The van der Waals surface area contributed by atoms with Crippen LogP contribution in [-0.4, -0.2) is 33.5 Å². The zero-order valence-electron chi connectivity index (χ0n) is 13.8. The molecule has 0 aromatic carbocycles. The van der Waals surface area contributed by atoms with Crippen molar-refractivity contribution in [2.75, 3.05) is 6.54 Å². The Hall–Kier alpha value is -1.36. The summed E-state index contributed by atoms with van der Waals surface area (Å²) in [7, 11) is 0. The first-order chi connectivity index (χ1) is 10.3. The van der Waals surface area contributed by atoms with E-state index in [0.29, 0.717) is 19.5 Å². The lowest BCUT2D eigenvalue weighted by molar-refractivity contribution is -0.139. The molecule has 0 spiro atoms. The zero-order chi connectivity index (χ0) is 15.9. The van der Waals surface area contributed by atoms with E-state index in [9.17, 15) is 9.90 Å². The Bertz CT molecular complexity index is 559. The average Bonchev–Trinajstić information content (AvgIpc) is 2.89. The first kappa shape index (κ1) is 15.5. The third-order valence-electron chi connectivity index (χ3n) is 4.68. The van der Waals surface area contributed by atoms with Gasteiger partial charge in [0.1, 0.15) is 11.5 Å². The Balaban J connectivity index is 1.71. The van der Waals surface area contributed by atoms with Crippen LogP contribution >= 0.6 is 0 Å². The first-order valence-corrected chi connectivity index (χ1v) is 8.30. The van der Waals surface area contributed by atoms with Gasteiger partial charge in [-0.1, -0.05) is 27.2 Å². The van der Waals surface area contributed by atoms with Crippen molar-refractivity contribution in [2.45, 2.75) is 70.9 Å². The van der Waals surface area contributed by atoms with Crippen LogP contribution in [0.5, 0.6) is 0 Å². The minimum Gasteiger partial charge on any atom is -0.445 e. The number of nitrogens with zero attached hydrogens (tertiary/aromatic N) is 2. The van der Waals surface area contributed by atoms with Gasteiger partial charge < -0.3 is 14.4 Å². The van der Waals surface area contributed by atoms with Crippen LogP contribution in [0.2, 0.25) is 0 Å². The van der Waals surface area contributed by atoms with Crippen molar-refractivity contribution in [1.82, 2.24) is 9.88 Å². The van der Waals surface area contributed by atoms with E-state index in [0.717, 1.165) is 43.0 Å². The van der Waals surface area contributed by atoms with Gasteiger partial charge in [-0.05, 0) is 19.3 Å². The van der Waals surface area contributed by atoms with Gasteiger partial charge in [0, 0.05) is 24.3 Å². The fraction of sp³-hybridized carbons (Fsp3) is 0.765. The first-order valence-electron chi connectivity index (χ1n) is 8.30. The molecule has 5 nitrogen and oxygen atoms in total. The number of rotatable bonds is 1. The van der Waals surface area contributed by atoms with Crippen LogP contribution in [0.4, 0.5) is 0 Å². The third-order valence-corrected chi connectivity index (χ3v) is 4.68. The largest absolute Gasteiger partial charge is 0.445 e. The second-order valence-electron chi connectivity index (χ2n) is 7.67. The number of hydrogen-bond acceptors (Lipinski definition) is 4. The van der Waals surface area contributed by atoms with Gasteiger partial charge in [-0.3, -0.25) is 4.79 Å². The Kier molecular flexibility index (Phi) is 4.02. The number of aliphatic hydroxyl groups excluding tert-OH is 1. The van der Waals surface area contributed by atoms with Crippen molar-refractivity contribution in [3.63, 3.8) is 0 Å². The number of aromatic nitrogens is 1. The van der Waals surface area contributed by atoms with Crippen molar-refractivity contribution in [1.29, 1.82) is 0 Å². The molecule has 0 unspecified atom stereocenters. The molecule has 1 saturated carbocycles. The summed E-state index contributed by atoms with van der Waals surface area (Å²) in [6, 6.07) is 0. The molecule has 122 valence electrons. The second kappa shape index (κ2) is 5.69. The van der Waals surface area contributed by atoms with Gasteiger partial charge in [-0.15, -0.1) is 0 Å². The predicted molar refractivity (Wildman–Crippen MR) is 82.3 cm³/mol. The van der Waals surface area contributed by atoms with Crippen LogP contribution in [0, 0.1) is 5.92 Å². The molecule has 22 heavy (non-hydrogen) atoms. The summed E-state index contributed by atoms with van der Waals surface area (Å²) in [6.07, 6.45) is 3.68. The van der Waals surface area contributed by atoms with Gasteiger partial charge >= 0.3 is 0 Å². The highest BCUT2D eigenvalue weighted by Gasteiger charge is 2.33. The maximum atomic E-state index is 12.7. The number of hydrogen-bond donors (Lipinski definition) is 1. The van der Waals surface area contributed by atoms with E-state index in [1.165, 1.54) is 0 Å². The van der Waals surface area contributed by atoms with E-state index < -0.39 is 0 Å². The summed E-state index contributed by atoms with van der Waals surface area (Å²) >= 11 is 0. The monoisotopic (exact) mass is 306 g/mol. The predicted octanol–water partition coefficient (Wildman–Crippen LogP) is 2.41. The maximum absolute atomic E-state index is 12.7. The molecule has 1 aliphatic carbocycles. The fourth-order valence-corrected chi connectivity index (χ4v) is 3.35. The number of aliphatic hydroxyl groups is 1. The van der Waals surface area contributed by atoms with Crippen molar-refractivity contribution in [3.8, 4) is 0 Å².